The Morgan fingerprint density at radius 3 is 2.53 bits per heavy atom. The molecule has 4 aliphatic carbocycles. The number of fused-ring (bicyclic) bond motifs is 5. The van der Waals surface area contributed by atoms with Crippen LogP contribution in [-0.4, -0.2) is 51.0 Å². The molecule has 0 aliphatic heterocycles. The van der Waals surface area contributed by atoms with Crippen LogP contribution in [0.5, 0.6) is 0 Å². The maximum absolute atomic E-state index is 14.1. The predicted octanol–water partition coefficient (Wildman–Crippen LogP) is 1.93. The number of esters is 1. The monoisotopic (exact) mass is 474 g/mol. The number of aliphatic hydroxyl groups is 3. The first-order valence-corrected chi connectivity index (χ1v) is 12.3. The van der Waals surface area contributed by atoms with Crippen LogP contribution in [0, 0.1) is 28.6 Å². The van der Waals surface area contributed by atoms with Crippen molar-refractivity contribution in [1.82, 2.24) is 0 Å². The summed E-state index contributed by atoms with van der Waals surface area (Å²) in [5.74, 6) is -2.42. The van der Waals surface area contributed by atoms with E-state index in [2.05, 4.69) is 6.92 Å². The van der Waals surface area contributed by atoms with Crippen molar-refractivity contribution in [2.24, 2.45) is 28.6 Å². The summed E-state index contributed by atoms with van der Waals surface area (Å²) < 4.78 is 10.7. The summed E-state index contributed by atoms with van der Waals surface area (Å²) in [5, 5.41) is 34.2. The van der Waals surface area contributed by atoms with Gasteiger partial charge < -0.3 is 24.5 Å². The Morgan fingerprint density at radius 2 is 1.88 bits per heavy atom. The molecule has 34 heavy (non-hydrogen) atoms. The minimum Gasteiger partial charge on any atom is -0.462 e. The van der Waals surface area contributed by atoms with E-state index in [9.17, 15) is 29.7 Å². The molecule has 4 fully saturated rings. The lowest BCUT2D eigenvalue weighted by Crippen LogP contribution is -2.70. The standard InChI is InChI=1S/C26H34O8/c1-13(27)34-18-11-26(32)17-6-5-15-10-16(28)8-9-24(15,2)21(17)22(30)23(31)25(26,3)20(18)14-4-7-19(29)33-12-14/h4,7,12,15-18,20-22,28,30,32H,5-6,8-11H2,1-3H3/t15-,16+,17-,18+,20+,21-,22+,24+,25+,26+/m1/s1. The highest BCUT2D eigenvalue weighted by molar-refractivity contribution is 5.93. The van der Waals surface area contributed by atoms with Crippen LogP contribution in [0.3, 0.4) is 0 Å². The van der Waals surface area contributed by atoms with E-state index in [1.807, 2.05) is 0 Å². The largest absolute Gasteiger partial charge is 0.462 e. The minimum atomic E-state index is -1.51. The molecule has 0 radical (unpaired) electrons. The Hall–Kier alpha value is -2.03. The fraction of sp³-hybridized carbons (Fsp3) is 0.731. The molecule has 1 heterocycles. The summed E-state index contributed by atoms with van der Waals surface area (Å²) in [7, 11) is 0. The molecule has 8 nitrogen and oxygen atoms in total. The normalized spacial score (nSPS) is 47.9. The van der Waals surface area contributed by atoms with Crippen molar-refractivity contribution in [2.45, 2.75) is 89.1 Å². The van der Waals surface area contributed by atoms with Crippen LogP contribution >= 0.6 is 0 Å². The Kier molecular flexibility index (Phi) is 5.39. The SMILES string of the molecule is CC(=O)O[C@H]1C[C@]2(O)[C@@H]3CC[C@@H]4C[C@@H](O)CC[C@]4(C)[C@H]3[C@H](O)C(=O)[C@]2(C)[C@H]1c1ccc(=O)oc1. The van der Waals surface area contributed by atoms with E-state index in [1.165, 1.54) is 25.3 Å². The van der Waals surface area contributed by atoms with Crippen molar-refractivity contribution in [3.63, 3.8) is 0 Å². The van der Waals surface area contributed by atoms with E-state index < -0.39 is 52.4 Å². The third-order valence-electron chi connectivity index (χ3n) is 10.1. The van der Waals surface area contributed by atoms with Gasteiger partial charge in [-0.15, -0.1) is 0 Å². The van der Waals surface area contributed by atoms with E-state index >= 15 is 0 Å². The van der Waals surface area contributed by atoms with Crippen molar-refractivity contribution in [3.8, 4) is 0 Å². The van der Waals surface area contributed by atoms with Crippen LogP contribution in [0.15, 0.2) is 27.6 Å². The molecule has 1 aromatic heterocycles. The molecule has 3 N–H and O–H groups in total. The van der Waals surface area contributed by atoms with Crippen LogP contribution in [0.2, 0.25) is 0 Å². The van der Waals surface area contributed by atoms with Gasteiger partial charge in [0.2, 0.25) is 0 Å². The first-order chi connectivity index (χ1) is 15.9. The second kappa shape index (κ2) is 7.73. The van der Waals surface area contributed by atoms with E-state index in [4.69, 9.17) is 9.15 Å². The van der Waals surface area contributed by atoms with Crippen LogP contribution < -0.4 is 5.63 Å². The Labute approximate surface area is 198 Å². The number of ketones is 1. The molecular formula is C26H34O8. The number of carbonyl (C=O) groups is 2. The fourth-order valence-corrected chi connectivity index (χ4v) is 8.49. The van der Waals surface area contributed by atoms with Crippen molar-refractivity contribution in [3.05, 3.63) is 34.4 Å². The summed E-state index contributed by atoms with van der Waals surface area (Å²) in [6, 6.07) is 2.78. The molecule has 0 unspecified atom stereocenters. The van der Waals surface area contributed by atoms with Crippen LogP contribution in [0.25, 0.3) is 0 Å². The van der Waals surface area contributed by atoms with Gasteiger partial charge in [0.1, 0.15) is 12.2 Å². The van der Waals surface area contributed by atoms with Crippen LogP contribution in [0.1, 0.15) is 70.8 Å². The van der Waals surface area contributed by atoms with Crippen molar-refractivity contribution < 1.29 is 34.1 Å². The molecule has 0 spiro atoms. The number of Topliss-reactive ketones (excluding diaryl/α,β-unsaturated/α-hetero) is 1. The van der Waals surface area contributed by atoms with Crippen molar-refractivity contribution in [2.75, 3.05) is 0 Å². The third-order valence-corrected chi connectivity index (χ3v) is 10.1. The van der Waals surface area contributed by atoms with Gasteiger partial charge >= 0.3 is 11.6 Å². The molecule has 4 saturated carbocycles. The summed E-state index contributed by atoms with van der Waals surface area (Å²) in [5.41, 5.74) is -3.41. The molecule has 0 amide bonds. The van der Waals surface area contributed by atoms with Gasteiger partial charge in [-0.2, -0.15) is 0 Å². The van der Waals surface area contributed by atoms with Gasteiger partial charge in [0.25, 0.3) is 0 Å². The first-order valence-electron chi connectivity index (χ1n) is 12.3. The number of aliphatic hydroxyl groups excluding tert-OH is 2. The second-order valence-corrected chi connectivity index (χ2v) is 11.5. The average Bonchev–Trinajstić information content (AvgIpc) is 3.00. The second-order valence-electron chi connectivity index (χ2n) is 11.5. The molecule has 1 aromatic rings. The molecule has 5 rings (SSSR count). The molecule has 186 valence electrons. The lowest BCUT2D eigenvalue weighted by atomic mass is 9.42. The van der Waals surface area contributed by atoms with Crippen LogP contribution in [0.4, 0.5) is 0 Å². The topological polar surface area (TPSA) is 134 Å². The smallest absolute Gasteiger partial charge is 0.335 e. The van der Waals surface area contributed by atoms with Crippen LogP contribution in [-0.2, 0) is 14.3 Å². The summed E-state index contributed by atoms with van der Waals surface area (Å²) in [4.78, 5) is 37.7. The van der Waals surface area contributed by atoms with Gasteiger partial charge in [0.15, 0.2) is 5.78 Å². The average molecular weight is 475 g/mol. The lowest BCUT2D eigenvalue weighted by Gasteiger charge is -2.63. The molecule has 0 bridgehead atoms. The quantitative estimate of drug-likeness (QED) is 0.554. The number of ether oxygens (including phenoxy) is 1. The predicted molar refractivity (Wildman–Crippen MR) is 120 cm³/mol. The van der Waals surface area contributed by atoms with Gasteiger partial charge in [-0.1, -0.05) is 6.92 Å². The van der Waals surface area contributed by atoms with Gasteiger partial charge in [-0.3, -0.25) is 9.59 Å². The summed E-state index contributed by atoms with van der Waals surface area (Å²) in [6.45, 7) is 5.04. The van der Waals surface area contributed by atoms with Gasteiger partial charge in [-0.25, -0.2) is 4.79 Å². The van der Waals surface area contributed by atoms with Gasteiger partial charge in [0.05, 0.1) is 23.4 Å². The Balaban J connectivity index is 1.64. The number of hydrogen-bond donors (Lipinski definition) is 3. The highest BCUT2D eigenvalue weighted by atomic mass is 16.5. The third kappa shape index (κ3) is 3.04. The zero-order valence-electron chi connectivity index (χ0n) is 19.9. The fourth-order valence-electron chi connectivity index (χ4n) is 8.49. The van der Waals surface area contributed by atoms with Gasteiger partial charge in [0, 0.05) is 31.2 Å². The Bertz CT molecular complexity index is 1040. The van der Waals surface area contributed by atoms with E-state index in [0.29, 0.717) is 31.2 Å². The number of carbonyl (C=O) groups excluding carboxylic acids is 2. The molecule has 10 atom stereocenters. The van der Waals surface area contributed by atoms with E-state index in [1.54, 1.807) is 6.92 Å². The summed E-state index contributed by atoms with van der Waals surface area (Å²) >= 11 is 0. The number of rotatable bonds is 2. The molecule has 8 heteroatoms. The van der Waals surface area contributed by atoms with Crippen molar-refractivity contribution in [1.29, 1.82) is 0 Å². The molecule has 4 aliphatic rings. The van der Waals surface area contributed by atoms with E-state index in [0.717, 1.165) is 6.42 Å². The van der Waals surface area contributed by atoms with Crippen molar-refractivity contribution >= 4 is 11.8 Å². The number of hydrogen-bond acceptors (Lipinski definition) is 8. The molecule has 0 aromatic carbocycles. The molecule has 0 saturated heterocycles. The lowest BCUT2D eigenvalue weighted by molar-refractivity contribution is -0.228. The van der Waals surface area contributed by atoms with E-state index in [-0.39, 0.29) is 29.8 Å². The summed E-state index contributed by atoms with van der Waals surface area (Å²) in [6.07, 6.45) is 2.17. The minimum absolute atomic E-state index is 0.0653. The highest BCUT2D eigenvalue weighted by Crippen LogP contribution is 2.69. The maximum Gasteiger partial charge on any atom is 0.335 e. The first kappa shape index (κ1) is 23.7. The highest BCUT2D eigenvalue weighted by Gasteiger charge is 2.76. The zero-order chi connectivity index (χ0) is 24.6. The zero-order valence-corrected chi connectivity index (χ0v) is 19.9. The Morgan fingerprint density at radius 1 is 1.15 bits per heavy atom. The van der Waals surface area contributed by atoms with Gasteiger partial charge in [-0.05, 0) is 67.9 Å². The molecular weight excluding hydrogens is 440 g/mol. The maximum atomic E-state index is 14.1.